The van der Waals surface area contributed by atoms with Crippen LogP contribution in [0, 0.1) is 4.77 Å². The van der Waals surface area contributed by atoms with E-state index in [4.69, 9.17) is 17.0 Å². The van der Waals surface area contributed by atoms with Gasteiger partial charge in [0.1, 0.15) is 11.3 Å². The number of H-pyrrole nitrogens is 1. The van der Waals surface area contributed by atoms with E-state index >= 15 is 0 Å². The number of aromatic nitrogens is 2. The Kier molecular flexibility index (Phi) is 5.65. The van der Waals surface area contributed by atoms with E-state index in [0.29, 0.717) is 0 Å². The summed E-state index contributed by atoms with van der Waals surface area (Å²) in [6.07, 6.45) is 6.00. The average Bonchev–Trinajstić information content (AvgIpc) is 2.78. The van der Waals surface area contributed by atoms with Crippen molar-refractivity contribution in [2.75, 3.05) is 6.61 Å². The van der Waals surface area contributed by atoms with Crippen LogP contribution in [0.25, 0.3) is 11.0 Å². The van der Waals surface area contributed by atoms with Gasteiger partial charge in [-0.15, -0.1) is 0 Å². The van der Waals surface area contributed by atoms with E-state index < -0.39 is 0 Å². The summed E-state index contributed by atoms with van der Waals surface area (Å²) in [7, 11) is 0. The number of hydrogen-bond donors (Lipinski definition) is 1. The summed E-state index contributed by atoms with van der Waals surface area (Å²) in [4.78, 5) is 3.30. The number of rotatable bonds is 8. The van der Waals surface area contributed by atoms with Gasteiger partial charge in [0, 0.05) is 6.54 Å². The van der Waals surface area contributed by atoms with Crippen LogP contribution >= 0.6 is 12.2 Å². The minimum atomic E-state index is 0.737. The molecule has 20 heavy (non-hydrogen) atoms. The monoisotopic (exact) mass is 292 g/mol. The van der Waals surface area contributed by atoms with Crippen LogP contribution in [0.15, 0.2) is 18.2 Å². The SMILES string of the molecule is CCCCCCn1c(=S)[nH]c2c(OCCC)cccc21. The van der Waals surface area contributed by atoms with Crippen LogP contribution in [0.5, 0.6) is 5.75 Å². The van der Waals surface area contributed by atoms with Crippen LogP contribution < -0.4 is 4.74 Å². The number of fused-ring (bicyclic) bond motifs is 1. The molecular formula is C16H24N2OS. The van der Waals surface area contributed by atoms with Crippen molar-refractivity contribution in [3.8, 4) is 5.75 Å². The van der Waals surface area contributed by atoms with E-state index in [9.17, 15) is 0 Å². The van der Waals surface area contributed by atoms with Crippen molar-refractivity contribution in [1.82, 2.24) is 9.55 Å². The molecule has 1 aromatic heterocycles. The molecule has 0 aliphatic carbocycles. The van der Waals surface area contributed by atoms with Gasteiger partial charge in [0.25, 0.3) is 0 Å². The van der Waals surface area contributed by atoms with Crippen molar-refractivity contribution in [3.05, 3.63) is 23.0 Å². The molecule has 0 bridgehead atoms. The van der Waals surface area contributed by atoms with E-state index in [0.717, 1.165) is 41.1 Å². The number of benzene rings is 1. The van der Waals surface area contributed by atoms with E-state index in [1.54, 1.807) is 0 Å². The number of imidazole rings is 1. The third-order valence-electron chi connectivity index (χ3n) is 3.47. The van der Waals surface area contributed by atoms with Crippen molar-refractivity contribution >= 4 is 23.3 Å². The molecule has 1 N–H and O–H groups in total. The smallest absolute Gasteiger partial charge is 0.178 e. The Bertz CT molecular complexity index is 600. The van der Waals surface area contributed by atoms with Crippen LogP contribution in [0.2, 0.25) is 0 Å². The molecule has 3 nitrogen and oxygen atoms in total. The van der Waals surface area contributed by atoms with Crippen molar-refractivity contribution < 1.29 is 4.74 Å². The molecule has 1 aromatic carbocycles. The first-order valence-electron chi connectivity index (χ1n) is 7.62. The Labute approximate surface area is 126 Å². The minimum Gasteiger partial charge on any atom is -0.491 e. The van der Waals surface area contributed by atoms with Crippen molar-refractivity contribution in [2.45, 2.75) is 52.5 Å². The minimum absolute atomic E-state index is 0.737. The summed E-state index contributed by atoms with van der Waals surface area (Å²) in [6.45, 7) is 6.06. The van der Waals surface area contributed by atoms with Crippen LogP contribution in [0.3, 0.4) is 0 Å². The van der Waals surface area contributed by atoms with Crippen LogP contribution in [0.1, 0.15) is 46.0 Å². The molecule has 0 fully saturated rings. The largest absolute Gasteiger partial charge is 0.491 e. The molecule has 0 spiro atoms. The Morgan fingerprint density at radius 2 is 2.00 bits per heavy atom. The normalized spacial score (nSPS) is 11.1. The van der Waals surface area contributed by atoms with Gasteiger partial charge in [-0.25, -0.2) is 0 Å². The highest BCUT2D eigenvalue weighted by atomic mass is 32.1. The molecular weight excluding hydrogens is 268 g/mol. The second-order valence-corrected chi connectivity index (χ2v) is 5.53. The van der Waals surface area contributed by atoms with Gasteiger partial charge in [-0.05, 0) is 37.2 Å². The molecule has 0 saturated heterocycles. The summed E-state index contributed by atoms with van der Waals surface area (Å²) in [6, 6.07) is 6.16. The van der Waals surface area contributed by atoms with E-state index in [2.05, 4.69) is 29.5 Å². The van der Waals surface area contributed by atoms with E-state index in [1.807, 2.05) is 12.1 Å². The van der Waals surface area contributed by atoms with Crippen LogP contribution in [0.4, 0.5) is 0 Å². The molecule has 110 valence electrons. The molecule has 0 radical (unpaired) electrons. The second-order valence-electron chi connectivity index (χ2n) is 5.14. The second kappa shape index (κ2) is 7.48. The Balaban J connectivity index is 2.22. The number of hydrogen-bond acceptors (Lipinski definition) is 2. The molecule has 4 heteroatoms. The molecule has 0 atom stereocenters. The Morgan fingerprint density at radius 1 is 1.15 bits per heavy atom. The van der Waals surface area contributed by atoms with Gasteiger partial charge in [-0.3, -0.25) is 0 Å². The zero-order chi connectivity index (χ0) is 14.4. The maximum absolute atomic E-state index is 5.79. The highest BCUT2D eigenvalue weighted by Gasteiger charge is 2.08. The van der Waals surface area contributed by atoms with Gasteiger partial charge >= 0.3 is 0 Å². The molecule has 2 aromatic rings. The lowest BCUT2D eigenvalue weighted by Crippen LogP contribution is -1.98. The lowest BCUT2D eigenvalue weighted by molar-refractivity contribution is 0.320. The van der Waals surface area contributed by atoms with E-state index in [1.165, 1.54) is 25.7 Å². The number of para-hydroxylation sites is 1. The topological polar surface area (TPSA) is 29.9 Å². The standard InChI is InChI=1S/C16H24N2OS/c1-3-5-6-7-11-18-13-9-8-10-14(19-12-4-2)15(13)17-16(18)20/h8-10H,3-7,11-12H2,1-2H3,(H,17,20). The summed E-state index contributed by atoms with van der Waals surface area (Å²) in [5, 5.41) is 0. The first-order valence-corrected chi connectivity index (χ1v) is 8.03. The summed E-state index contributed by atoms with van der Waals surface area (Å²) < 4.78 is 8.78. The van der Waals surface area contributed by atoms with Crippen molar-refractivity contribution in [3.63, 3.8) is 0 Å². The van der Waals surface area contributed by atoms with Gasteiger partial charge in [-0.2, -0.15) is 0 Å². The van der Waals surface area contributed by atoms with Gasteiger partial charge in [0.05, 0.1) is 12.1 Å². The fourth-order valence-corrected chi connectivity index (χ4v) is 2.70. The first kappa shape index (κ1) is 15.1. The molecule has 0 amide bonds. The number of ether oxygens (including phenoxy) is 1. The zero-order valence-electron chi connectivity index (χ0n) is 12.4. The van der Waals surface area contributed by atoms with Crippen molar-refractivity contribution in [2.24, 2.45) is 0 Å². The fraction of sp³-hybridized carbons (Fsp3) is 0.562. The maximum Gasteiger partial charge on any atom is 0.178 e. The maximum atomic E-state index is 5.79. The third-order valence-corrected chi connectivity index (χ3v) is 3.79. The first-order chi connectivity index (χ1) is 9.77. The lowest BCUT2D eigenvalue weighted by atomic mass is 10.2. The predicted molar refractivity (Wildman–Crippen MR) is 87.1 cm³/mol. The molecule has 0 saturated carbocycles. The van der Waals surface area contributed by atoms with Gasteiger partial charge < -0.3 is 14.3 Å². The number of aryl methyl sites for hydroxylation is 1. The molecule has 0 aliphatic rings. The van der Waals surface area contributed by atoms with Crippen LogP contribution in [-0.4, -0.2) is 16.2 Å². The molecule has 0 unspecified atom stereocenters. The predicted octanol–water partition coefficient (Wildman–Crippen LogP) is 5.07. The number of aromatic amines is 1. The Hall–Kier alpha value is -1.29. The zero-order valence-corrected chi connectivity index (χ0v) is 13.3. The molecule has 0 aliphatic heterocycles. The van der Waals surface area contributed by atoms with Crippen molar-refractivity contribution in [1.29, 1.82) is 0 Å². The number of nitrogens with zero attached hydrogens (tertiary/aromatic N) is 1. The van der Waals surface area contributed by atoms with Crippen LogP contribution in [-0.2, 0) is 6.54 Å². The highest BCUT2D eigenvalue weighted by Crippen LogP contribution is 2.25. The number of nitrogens with one attached hydrogen (secondary N) is 1. The fourth-order valence-electron chi connectivity index (χ4n) is 2.40. The quantitative estimate of drug-likeness (QED) is 0.544. The average molecular weight is 292 g/mol. The molecule has 2 rings (SSSR count). The summed E-state index contributed by atoms with van der Waals surface area (Å²) in [5.74, 6) is 0.905. The number of unbranched alkanes of at least 4 members (excludes halogenated alkanes) is 3. The summed E-state index contributed by atoms with van der Waals surface area (Å²) >= 11 is 5.45. The Morgan fingerprint density at radius 3 is 2.75 bits per heavy atom. The lowest BCUT2D eigenvalue weighted by Gasteiger charge is -2.07. The summed E-state index contributed by atoms with van der Waals surface area (Å²) in [5.41, 5.74) is 2.18. The molecule has 1 heterocycles. The van der Waals surface area contributed by atoms with Gasteiger partial charge in [0.15, 0.2) is 4.77 Å². The third kappa shape index (κ3) is 3.42. The van der Waals surface area contributed by atoms with E-state index in [-0.39, 0.29) is 0 Å². The van der Waals surface area contributed by atoms with Gasteiger partial charge in [-0.1, -0.05) is 39.2 Å². The van der Waals surface area contributed by atoms with Gasteiger partial charge in [0.2, 0.25) is 0 Å². The highest BCUT2D eigenvalue weighted by molar-refractivity contribution is 7.71.